The molecule has 0 aliphatic rings. The van der Waals surface area contributed by atoms with Gasteiger partial charge in [0.25, 0.3) is 0 Å². The minimum atomic E-state index is -1.00. The maximum absolute atomic E-state index is 12.9. The van der Waals surface area contributed by atoms with E-state index in [4.69, 9.17) is 4.74 Å². The lowest BCUT2D eigenvalue weighted by Gasteiger charge is -2.17. The third-order valence-electron chi connectivity index (χ3n) is 4.08. The maximum Gasteiger partial charge on any atom is 0.342 e. The smallest absolute Gasteiger partial charge is 0.342 e. The van der Waals surface area contributed by atoms with Crippen molar-refractivity contribution in [2.75, 3.05) is 0 Å². The summed E-state index contributed by atoms with van der Waals surface area (Å²) in [6.07, 6.45) is 0.447. The number of benzene rings is 2. The zero-order valence-electron chi connectivity index (χ0n) is 14.0. The fourth-order valence-electron chi connectivity index (χ4n) is 2.52. The Kier molecular flexibility index (Phi) is 4.75. The molecule has 126 valence electrons. The van der Waals surface area contributed by atoms with Crippen LogP contribution in [0.3, 0.4) is 0 Å². The predicted octanol–water partition coefficient (Wildman–Crippen LogP) is 3.51. The van der Waals surface area contributed by atoms with Gasteiger partial charge in [-0.25, -0.2) is 4.79 Å². The summed E-state index contributed by atoms with van der Waals surface area (Å²) in [4.78, 5) is 25.5. The first-order valence-corrected chi connectivity index (χ1v) is 7.91. The van der Waals surface area contributed by atoms with Crippen molar-refractivity contribution in [3.63, 3.8) is 0 Å². The third kappa shape index (κ3) is 3.50. The molecule has 0 saturated carbocycles. The van der Waals surface area contributed by atoms with Crippen LogP contribution in [-0.2, 0) is 11.8 Å². The number of hydrogen-bond acceptors (Lipinski definition) is 4. The summed E-state index contributed by atoms with van der Waals surface area (Å²) < 4.78 is 7.18. The van der Waals surface area contributed by atoms with Gasteiger partial charge in [0.2, 0.25) is 5.78 Å². The van der Waals surface area contributed by atoms with Gasteiger partial charge >= 0.3 is 5.97 Å². The van der Waals surface area contributed by atoms with Crippen molar-refractivity contribution in [1.82, 2.24) is 9.78 Å². The summed E-state index contributed by atoms with van der Waals surface area (Å²) in [6, 6.07) is 17.8. The number of aryl methyl sites for hydroxylation is 1. The Morgan fingerprint density at radius 1 is 1.00 bits per heavy atom. The molecule has 0 fully saturated rings. The quantitative estimate of drug-likeness (QED) is 0.529. The highest BCUT2D eigenvalue weighted by Crippen LogP contribution is 2.24. The number of rotatable bonds is 5. The van der Waals surface area contributed by atoms with E-state index in [2.05, 4.69) is 5.10 Å². The molecule has 5 nitrogen and oxygen atoms in total. The standard InChI is InChI=1S/C20H18N2O3/c1-14-17(13-21-22(14)2)20(24)25-19(16-11-7-4-8-12-16)18(23)15-9-5-3-6-10-15/h3-13,19H,1-2H3. The number of hydrogen-bond donors (Lipinski definition) is 0. The zero-order chi connectivity index (χ0) is 17.8. The monoisotopic (exact) mass is 334 g/mol. The molecule has 1 atom stereocenters. The van der Waals surface area contributed by atoms with Crippen molar-refractivity contribution in [3.8, 4) is 0 Å². The second kappa shape index (κ2) is 7.13. The molecule has 0 N–H and O–H groups in total. The topological polar surface area (TPSA) is 61.2 Å². The number of ether oxygens (including phenoxy) is 1. The molecule has 1 heterocycles. The number of Topliss-reactive ketones (excluding diaryl/α,β-unsaturated/α-hetero) is 1. The van der Waals surface area contributed by atoms with Gasteiger partial charge in [0.15, 0.2) is 6.10 Å². The second-order valence-corrected chi connectivity index (χ2v) is 5.69. The Morgan fingerprint density at radius 3 is 2.16 bits per heavy atom. The molecule has 1 aromatic heterocycles. The highest BCUT2D eigenvalue weighted by molar-refractivity contribution is 6.02. The summed E-state index contributed by atoms with van der Waals surface area (Å²) in [5, 5.41) is 4.05. The van der Waals surface area contributed by atoms with Crippen LogP contribution in [0.2, 0.25) is 0 Å². The molecular weight excluding hydrogens is 316 g/mol. The van der Waals surface area contributed by atoms with Crippen LogP contribution in [0, 0.1) is 6.92 Å². The van der Waals surface area contributed by atoms with E-state index in [0.717, 1.165) is 0 Å². The lowest BCUT2D eigenvalue weighted by Crippen LogP contribution is -2.20. The molecule has 0 saturated heterocycles. The first-order chi connectivity index (χ1) is 12.1. The van der Waals surface area contributed by atoms with Crippen LogP contribution < -0.4 is 0 Å². The van der Waals surface area contributed by atoms with Gasteiger partial charge in [0, 0.05) is 23.9 Å². The number of ketones is 1. The largest absolute Gasteiger partial charge is 0.445 e. The molecule has 0 amide bonds. The van der Waals surface area contributed by atoms with Crippen molar-refractivity contribution in [2.24, 2.45) is 7.05 Å². The summed E-state index contributed by atoms with van der Waals surface area (Å²) in [6.45, 7) is 1.78. The van der Waals surface area contributed by atoms with Gasteiger partial charge in [-0.05, 0) is 6.92 Å². The van der Waals surface area contributed by atoms with Crippen LogP contribution in [0.5, 0.6) is 0 Å². The van der Waals surface area contributed by atoms with Crippen LogP contribution >= 0.6 is 0 Å². The van der Waals surface area contributed by atoms with E-state index in [1.54, 1.807) is 55.1 Å². The van der Waals surface area contributed by atoms with Crippen LogP contribution in [0.15, 0.2) is 66.9 Å². The molecule has 0 radical (unpaired) electrons. The number of esters is 1. The molecule has 3 rings (SSSR count). The van der Waals surface area contributed by atoms with E-state index >= 15 is 0 Å². The first kappa shape index (κ1) is 16.6. The van der Waals surface area contributed by atoms with E-state index in [1.165, 1.54) is 6.20 Å². The van der Waals surface area contributed by atoms with E-state index in [1.807, 2.05) is 24.3 Å². The van der Waals surface area contributed by atoms with Gasteiger partial charge < -0.3 is 4.74 Å². The molecule has 25 heavy (non-hydrogen) atoms. The number of nitrogens with zero attached hydrogens (tertiary/aromatic N) is 2. The Balaban J connectivity index is 1.93. The number of aromatic nitrogens is 2. The van der Waals surface area contributed by atoms with Crippen molar-refractivity contribution >= 4 is 11.8 Å². The zero-order valence-corrected chi connectivity index (χ0v) is 14.0. The predicted molar refractivity (Wildman–Crippen MR) is 93.3 cm³/mol. The van der Waals surface area contributed by atoms with E-state index in [9.17, 15) is 9.59 Å². The van der Waals surface area contributed by atoms with E-state index in [0.29, 0.717) is 22.4 Å². The lowest BCUT2D eigenvalue weighted by molar-refractivity contribution is 0.0279. The number of carbonyl (C=O) groups is 2. The highest BCUT2D eigenvalue weighted by atomic mass is 16.5. The Hall–Kier alpha value is -3.21. The Labute approximate surface area is 145 Å². The van der Waals surface area contributed by atoms with Gasteiger partial charge in [0.05, 0.1) is 6.20 Å². The van der Waals surface area contributed by atoms with Crippen molar-refractivity contribution in [3.05, 3.63) is 89.2 Å². The molecule has 0 aliphatic carbocycles. The van der Waals surface area contributed by atoms with Crippen LogP contribution in [0.25, 0.3) is 0 Å². The first-order valence-electron chi connectivity index (χ1n) is 7.91. The van der Waals surface area contributed by atoms with Gasteiger partial charge in [-0.2, -0.15) is 5.10 Å². The summed E-state index contributed by atoms with van der Waals surface area (Å²) in [7, 11) is 1.75. The van der Waals surface area contributed by atoms with Gasteiger partial charge in [-0.3, -0.25) is 9.48 Å². The molecule has 0 aliphatic heterocycles. The maximum atomic E-state index is 12.9. The van der Waals surface area contributed by atoms with Gasteiger partial charge in [-0.1, -0.05) is 60.7 Å². The normalized spacial score (nSPS) is 11.8. The average Bonchev–Trinajstić information content (AvgIpc) is 2.99. The van der Waals surface area contributed by atoms with Crippen LogP contribution in [0.1, 0.15) is 38.1 Å². The third-order valence-corrected chi connectivity index (χ3v) is 4.08. The average molecular weight is 334 g/mol. The van der Waals surface area contributed by atoms with Crippen molar-refractivity contribution < 1.29 is 14.3 Å². The van der Waals surface area contributed by atoms with Crippen molar-refractivity contribution in [1.29, 1.82) is 0 Å². The Morgan fingerprint density at radius 2 is 1.60 bits per heavy atom. The Bertz CT molecular complexity index is 886. The molecule has 5 heteroatoms. The summed E-state index contributed by atoms with van der Waals surface area (Å²) >= 11 is 0. The molecule has 0 spiro atoms. The minimum absolute atomic E-state index is 0.262. The van der Waals surface area contributed by atoms with Crippen LogP contribution in [-0.4, -0.2) is 21.5 Å². The van der Waals surface area contributed by atoms with Crippen LogP contribution in [0.4, 0.5) is 0 Å². The highest BCUT2D eigenvalue weighted by Gasteiger charge is 2.27. The molecular formula is C20H18N2O3. The molecule has 0 bridgehead atoms. The lowest BCUT2D eigenvalue weighted by atomic mass is 10.00. The fourth-order valence-corrected chi connectivity index (χ4v) is 2.52. The molecule has 3 aromatic rings. The van der Waals surface area contributed by atoms with Gasteiger partial charge in [-0.15, -0.1) is 0 Å². The van der Waals surface area contributed by atoms with Gasteiger partial charge in [0.1, 0.15) is 5.56 Å². The molecule has 2 aromatic carbocycles. The fraction of sp³-hybridized carbons (Fsp3) is 0.150. The molecule has 1 unspecified atom stereocenters. The van der Waals surface area contributed by atoms with Crippen molar-refractivity contribution in [2.45, 2.75) is 13.0 Å². The van der Waals surface area contributed by atoms with E-state index in [-0.39, 0.29) is 5.78 Å². The summed E-state index contributed by atoms with van der Waals surface area (Å²) in [5.41, 5.74) is 2.16. The summed E-state index contributed by atoms with van der Waals surface area (Å²) in [5.74, 6) is -0.828. The number of carbonyl (C=O) groups excluding carboxylic acids is 2. The minimum Gasteiger partial charge on any atom is -0.445 e. The second-order valence-electron chi connectivity index (χ2n) is 5.69. The SMILES string of the molecule is Cc1c(C(=O)OC(C(=O)c2ccccc2)c2ccccc2)cnn1C. The van der Waals surface area contributed by atoms with E-state index < -0.39 is 12.1 Å².